The van der Waals surface area contributed by atoms with E-state index in [-0.39, 0.29) is 11.3 Å². The number of barbiturate groups is 1. The Morgan fingerprint density at radius 2 is 1.84 bits per heavy atom. The van der Waals surface area contributed by atoms with E-state index < -0.39 is 30.4 Å². The van der Waals surface area contributed by atoms with Crippen molar-refractivity contribution in [2.45, 2.75) is 6.92 Å². The van der Waals surface area contributed by atoms with Crippen LogP contribution in [0.3, 0.4) is 0 Å². The van der Waals surface area contributed by atoms with E-state index in [1.807, 2.05) is 45.2 Å². The Labute approximate surface area is 208 Å². The average Bonchev–Trinajstić information content (AvgIpc) is 2.67. The third-order valence-corrected chi connectivity index (χ3v) is 6.20. The highest BCUT2D eigenvalue weighted by atomic mass is 127. The molecule has 0 bridgehead atoms. The fourth-order valence-electron chi connectivity index (χ4n) is 2.71. The smallest absolute Gasteiger partial charge is 0.341 e. The summed E-state index contributed by atoms with van der Waals surface area (Å²) in [4.78, 5) is 49.3. The van der Waals surface area contributed by atoms with Gasteiger partial charge in [0.2, 0.25) is 0 Å². The summed E-state index contributed by atoms with van der Waals surface area (Å²) >= 11 is 10.1. The number of ether oxygens (including phenoxy) is 1. The number of hydrogen-bond acceptors (Lipinski definition) is 5. The molecular formula is C20H13ClI2N2O6. The number of imide groups is 2. The van der Waals surface area contributed by atoms with Crippen LogP contribution in [0, 0.1) is 14.1 Å². The quantitative estimate of drug-likeness (QED) is 0.284. The van der Waals surface area contributed by atoms with Crippen LogP contribution >= 0.6 is 56.8 Å². The van der Waals surface area contributed by atoms with Gasteiger partial charge in [-0.1, -0.05) is 17.7 Å². The molecule has 1 heterocycles. The molecule has 0 radical (unpaired) electrons. The van der Waals surface area contributed by atoms with Crippen LogP contribution in [0.1, 0.15) is 11.1 Å². The predicted molar refractivity (Wildman–Crippen MR) is 130 cm³/mol. The molecule has 3 rings (SSSR count). The molecule has 1 fully saturated rings. The highest BCUT2D eigenvalue weighted by Gasteiger charge is 2.37. The average molecular weight is 667 g/mol. The molecule has 1 aliphatic rings. The Morgan fingerprint density at radius 1 is 1.19 bits per heavy atom. The molecule has 0 aliphatic carbocycles. The molecule has 1 aliphatic heterocycles. The second-order valence-corrected chi connectivity index (χ2v) is 9.12. The van der Waals surface area contributed by atoms with E-state index in [0.717, 1.165) is 10.5 Å². The largest absolute Gasteiger partial charge is 0.480 e. The molecule has 1 saturated heterocycles. The lowest BCUT2D eigenvalue weighted by Gasteiger charge is -2.26. The Bertz CT molecular complexity index is 1140. The van der Waals surface area contributed by atoms with E-state index in [1.165, 1.54) is 12.1 Å². The number of aliphatic carboxylic acids is 1. The molecule has 31 heavy (non-hydrogen) atoms. The number of anilines is 1. The summed E-state index contributed by atoms with van der Waals surface area (Å²) in [5, 5.41) is 11.3. The van der Waals surface area contributed by atoms with E-state index in [9.17, 15) is 19.2 Å². The molecule has 160 valence electrons. The maximum atomic E-state index is 13.0. The molecule has 2 N–H and O–H groups in total. The highest BCUT2D eigenvalue weighted by Crippen LogP contribution is 2.31. The number of nitrogens with zero attached hydrogens (tertiary/aromatic N) is 1. The number of aryl methyl sites for hydroxylation is 1. The number of benzene rings is 2. The summed E-state index contributed by atoms with van der Waals surface area (Å²) in [7, 11) is 0. The van der Waals surface area contributed by atoms with Gasteiger partial charge >= 0.3 is 12.0 Å². The summed E-state index contributed by atoms with van der Waals surface area (Å²) in [6, 6.07) is 7.11. The number of rotatable bonds is 5. The Hall–Kier alpha value is -2.19. The first kappa shape index (κ1) is 23.5. The number of amides is 4. The van der Waals surface area contributed by atoms with Crippen LogP contribution in [-0.2, 0) is 14.4 Å². The first-order chi connectivity index (χ1) is 14.6. The fraction of sp³-hybridized carbons (Fsp3) is 0.100. The van der Waals surface area contributed by atoms with E-state index in [2.05, 4.69) is 5.32 Å². The van der Waals surface area contributed by atoms with Gasteiger partial charge in [-0.2, -0.15) is 0 Å². The molecule has 0 saturated carbocycles. The van der Waals surface area contributed by atoms with Gasteiger partial charge in [-0.15, -0.1) is 0 Å². The minimum atomic E-state index is -1.11. The predicted octanol–water partition coefficient (Wildman–Crippen LogP) is 3.99. The summed E-state index contributed by atoms with van der Waals surface area (Å²) in [6.07, 6.45) is 1.36. The maximum Gasteiger partial charge on any atom is 0.341 e. The van der Waals surface area contributed by atoms with Gasteiger partial charge in [-0.25, -0.2) is 14.5 Å². The van der Waals surface area contributed by atoms with Crippen LogP contribution in [0.15, 0.2) is 35.9 Å². The third kappa shape index (κ3) is 5.18. The molecule has 2 aromatic rings. The van der Waals surface area contributed by atoms with Crippen LogP contribution in [-0.4, -0.2) is 35.5 Å². The van der Waals surface area contributed by atoms with E-state index in [0.29, 0.717) is 23.5 Å². The lowest BCUT2D eigenvalue weighted by molar-refractivity contribution is -0.139. The van der Waals surface area contributed by atoms with Crippen LogP contribution < -0.4 is 15.0 Å². The zero-order valence-electron chi connectivity index (χ0n) is 15.7. The molecule has 11 heteroatoms. The van der Waals surface area contributed by atoms with Crippen molar-refractivity contribution >= 4 is 92.4 Å². The zero-order chi connectivity index (χ0) is 22.9. The number of urea groups is 1. The van der Waals surface area contributed by atoms with Gasteiger partial charge in [0, 0.05) is 5.02 Å². The van der Waals surface area contributed by atoms with Crippen molar-refractivity contribution in [2.75, 3.05) is 11.5 Å². The lowest BCUT2D eigenvalue weighted by atomic mass is 10.1. The summed E-state index contributed by atoms with van der Waals surface area (Å²) < 4.78 is 6.47. The van der Waals surface area contributed by atoms with Gasteiger partial charge in [0.25, 0.3) is 11.8 Å². The summed E-state index contributed by atoms with van der Waals surface area (Å²) in [6.45, 7) is 1.29. The second-order valence-electron chi connectivity index (χ2n) is 6.39. The molecule has 0 atom stereocenters. The van der Waals surface area contributed by atoms with E-state index in [1.54, 1.807) is 31.2 Å². The van der Waals surface area contributed by atoms with Crippen molar-refractivity contribution < 1.29 is 29.0 Å². The zero-order valence-corrected chi connectivity index (χ0v) is 20.8. The van der Waals surface area contributed by atoms with Crippen LogP contribution in [0.2, 0.25) is 5.02 Å². The molecular weight excluding hydrogens is 653 g/mol. The van der Waals surface area contributed by atoms with Gasteiger partial charge in [-0.05, 0) is 93.6 Å². The van der Waals surface area contributed by atoms with Crippen molar-refractivity contribution in [3.63, 3.8) is 0 Å². The minimum Gasteiger partial charge on any atom is -0.480 e. The van der Waals surface area contributed by atoms with Gasteiger partial charge in [0.15, 0.2) is 6.61 Å². The Kier molecular flexibility index (Phi) is 7.21. The van der Waals surface area contributed by atoms with Gasteiger partial charge < -0.3 is 9.84 Å². The normalized spacial score (nSPS) is 15.3. The van der Waals surface area contributed by atoms with Crippen LogP contribution in [0.4, 0.5) is 10.5 Å². The monoisotopic (exact) mass is 666 g/mol. The van der Waals surface area contributed by atoms with Gasteiger partial charge in [-0.3, -0.25) is 14.9 Å². The fourth-order valence-corrected chi connectivity index (χ4v) is 5.02. The van der Waals surface area contributed by atoms with Crippen molar-refractivity contribution in [1.82, 2.24) is 5.32 Å². The van der Waals surface area contributed by atoms with Gasteiger partial charge in [0.05, 0.1) is 12.8 Å². The van der Waals surface area contributed by atoms with Crippen LogP contribution in [0.5, 0.6) is 5.75 Å². The highest BCUT2D eigenvalue weighted by molar-refractivity contribution is 14.1. The van der Waals surface area contributed by atoms with Crippen molar-refractivity contribution in [3.8, 4) is 5.75 Å². The lowest BCUT2D eigenvalue weighted by Crippen LogP contribution is -2.54. The molecule has 0 unspecified atom stereocenters. The van der Waals surface area contributed by atoms with Crippen LogP contribution in [0.25, 0.3) is 6.08 Å². The number of carbonyl (C=O) groups excluding carboxylic acids is 3. The Balaban J connectivity index is 1.98. The molecule has 8 nitrogen and oxygen atoms in total. The Morgan fingerprint density at radius 3 is 2.42 bits per heavy atom. The first-order valence-corrected chi connectivity index (χ1v) is 11.1. The minimum absolute atomic E-state index is 0.234. The van der Waals surface area contributed by atoms with E-state index in [4.69, 9.17) is 21.4 Å². The van der Waals surface area contributed by atoms with Gasteiger partial charge in [0.1, 0.15) is 11.3 Å². The van der Waals surface area contributed by atoms with E-state index >= 15 is 0 Å². The topological polar surface area (TPSA) is 113 Å². The number of halogens is 3. The number of carboxylic acids is 1. The number of hydrogen-bond donors (Lipinski definition) is 2. The first-order valence-electron chi connectivity index (χ1n) is 8.59. The number of carboxylic acid groups (broad SMARTS) is 1. The number of nitrogens with one attached hydrogen (secondary N) is 1. The SMILES string of the molecule is Cc1ccc(N2C(=O)NC(=O)/C(=C/c3cc(I)c(OCC(=O)O)c(I)c3)C2=O)cc1Cl. The number of carbonyl (C=O) groups is 4. The van der Waals surface area contributed by atoms with Crippen molar-refractivity contribution in [1.29, 1.82) is 0 Å². The third-order valence-electron chi connectivity index (χ3n) is 4.19. The molecule has 0 aromatic heterocycles. The second kappa shape index (κ2) is 9.53. The molecule has 0 spiro atoms. The van der Waals surface area contributed by atoms with Crippen molar-refractivity contribution in [2.24, 2.45) is 0 Å². The molecule has 2 aromatic carbocycles. The molecule has 4 amide bonds. The standard InChI is InChI=1S/C20H13ClI2N2O6/c1-9-2-3-11(7-13(9)21)25-19(29)12(18(28)24-20(25)30)4-10-5-14(22)17(15(23)6-10)31-8-16(26)27/h2-7H,8H2,1H3,(H,26,27)(H,24,28,30)/b12-4-. The summed E-state index contributed by atoms with van der Waals surface area (Å²) in [5.74, 6) is -2.33. The van der Waals surface area contributed by atoms with Crippen molar-refractivity contribution in [3.05, 3.63) is 59.2 Å². The summed E-state index contributed by atoms with van der Waals surface area (Å²) in [5.41, 5.74) is 1.28. The maximum absolute atomic E-state index is 13.0.